The highest BCUT2D eigenvalue weighted by atomic mass is 32.2. The third kappa shape index (κ3) is 2.98. The molecule has 0 atom stereocenters. The van der Waals surface area contributed by atoms with Crippen LogP contribution in [0, 0.1) is 0 Å². The minimum absolute atomic E-state index is 0.241. The molecule has 1 aliphatic carbocycles. The van der Waals surface area contributed by atoms with Gasteiger partial charge in [-0.1, -0.05) is 0 Å². The van der Waals surface area contributed by atoms with Gasteiger partial charge in [-0.15, -0.1) is 5.10 Å². The van der Waals surface area contributed by atoms with Crippen LogP contribution in [-0.4, -0.2) is 51.0 Å². The van der Waals surface area contributed by atoms with Crippen molar-refractivity contribution in [2.24, 2.45) is 0 Å². The van der Waals surface area contributed by atoms with E-state index in [2.05, 4.69) is 20.5 Å². The van der Waals surface area contributed by atoms with E-state index >= 15 is 0 Å². The van der Waals surface area contributed by atoms with Crippen LogP contribution in [0.5, 0.6) is 0 Å². The summed E-state index contributed by atoms with van der Waals surface area (Å²) < 4.78 is 28.2. The highest BCUT2D eigenvalue weighted by molar-refractivity contribution is 7.99. The van der Waals surface area contributed by atoms with Gasteiger partial charge >= 0.3 is 0 Å². The number of rotatable bonds is 5. The molecule has 0 aromatic carbocycles. The monoisotopic (exact) mass is 352 g/mol. The summed E-state index contributed by atoms with van der Waals surface area (Å²) in [6.07, 6.45) is 5.45. The van der Waals surface area contributed by atoms with Gasteiger partial charge in [0.25, 0.3) is 0 Å². The summed E-state index contributed by atoms with van der Waals surface area (Å²) in [5, 5.41) is 13.1. The third-order valence-corrected chi connectivity index (χ3v) is 6.75. The van der Waals surface area contributed by atoms with Crippen LogP contribution in [0.1, 0.15) is 31.7 Å². The Hall–Kier alpha value is -1.52. The Morgan fingerprint density at radius 3 is 2.61 bits per heavy atom. The van der Waals surface area contributed by atoms with Crippen LogP contribution in [0.25, 0.3) is 0 Å². The predicted molar refractivity (Wildman–Crippen MR) is 82.4 cm³/mol. The second kappa shape index (κ2) is 5.84. The molecule has 3 heterocycles. The lowest BCUT2D eigenvalue weighted by atomic mass is 10.4. The molecule has 0 radical (unpaired) electrons. The first kappa shape index (κ1) is 15.0. The van der Waals surface area contributed by atoms with E-state index in [0.29, 0.717) is 29.3 Å². The number of hydrogen-bond acceptors (Lipinski definition) is 7. The lowest BCUT2D eigenvalue weighted by Gasteiger charge is -2.15. The molecule has 122 valence electrons. The predicted octanol–water partition coefficient (Wildman–Crippen LogP) is 1.34. The van der Waals surface area contributed by atoms with Crippen molar-refractivity contribution in [2.75, 3.05) is 13.1 Å². The molecule has 0 unspecified atom stereocenters. The molecule has 0 N–H and O–H groups in total. The Labute approximate surface area is 138 Å². The molecule has 1 aliphatic heterocycles. The first-order chi connectivity index (χ1) is 11.1. The maximum absolute atomic E-state index is 12.5. The molecule has 2 aromatic rings. The van der Waals surface area contributed by atoms with E-state index in [1.165, 1.54) is 22.3 Å². The van der Waals surface area contributed by atoms with Gasteiger partial charge < -0.3 is 0 Å². The molecule has 1 saturated carbocycles. The van der Waals surface area contributed by atoms with Crippen LogP contribution in [-0.2, 0) is 10.0 Å². The molecule has 2 aromatic heterocycles. The molecule has 4 rings (SSSR count). The molecule has 1 saturated heterocycles. The first-order valence-electron chi connectivity index (χ1n) is 7.56. The standard InChI is InChI=1S/C13H16N6O2S2/c20-23(21,18-7-1-2-8-18)11-5-6-12(14-9-11)22-13-15-16-17-19(13)10-3-4-10/h5-6,9-10H,1-4,7-8H2. The first-order valence-corrected chi connectivity index (χ1v) is 9.82. The Balaban J connectivity index is 1.52. The van der Waals surface area contributed by atoms with Gasteiger partial charge in [-0.2, -0.15) is 4.31 Å². The van der Waals surface area contributed by atoms with Crippen LogP contribution in [0.4, 0.5) is 0 Å². The van der Waals surface area contributed by atoms with E-state index in [9.17, 15) is 8.42 Å². The van der Waals surface area contributed by atoms with E-state index in [1.54, 1.807) is 16.8 Å². The molecule has 23 heavy (non-hydrogen) atoms. The summed E-state index contributed by atoms with van der Waals surface area (Å²) in [5.41, 5.74) is 0. The molecule has 8 nitrogen and oxygen atoms in total. The quantitative estimate of drug-likeness (QED) is 0.801. The smallest absolute Gasteiger partial charge is 0.244 e. The minimum Gasteiger partial charge on any atom is -0.248 e. The lowest BCUT2D eigenvalue weighted by Crippen LogP contribution is -2.27. The van der Waals surface area contributed by atoms with Gasteiger partial charge in [-0.05, 0) is 60.0 Å². The third-order valence-electron chi connectivity index (χ3n) is 3.96. The zero-order valence-electron chi connectivity index (χ0n) is 12.4. The number of pyridine rings is 1. The summed E-state index contributed by atoms with van der Waals surface area (Å²) in [7, 11) is -3.41. The van der Waals surface area contributed by atoms with Crippen molar-refractivity contribution in [2.45, 2.75) is 46.8 Å². The maximum Gasteiger partial charge on any atom is 0.244 e. The second-order valence-corrected chi connectivity index (χ2v) is 8.61. The Bertz CT molecular complexity index is 794. The normalized spacial score (nSPS) is 19.3. The Morgan fingerprint density at radius 2 is 1.96 bits per heavy atom. The lowest BCUT2D eigenvalue weighted by molar-refractivity contribution is 0.477. The highest BCUT2D eigenvalue weighted by Gasteiger charge is 2.29. The summed E-state index contributed by atoms with van der Waals surface area (Å²) in [5.74, 6) is 0. The minimum atomic E-state index is -3.41. The summed E-state index contributed by atoms with van der Waals surface area (Å²) in [6, 6.07) is 3.70. The van der Waals surface area contributed by atoms with Crippen molar-refractivity contribution < 1.29 is 8.42 Å². The van der Waals surface area contributed by atoms with Crippen LogP contribution >= 0.6 is 11.8 Å². The fourth-order valence-electron chi connectivity index (χ4n) is 2.55. The molecule has 2 aliphatic rings. The van der Waals surface area contributed by atoms with Gasteiger partial charge in [0, 0.05) is 19.3 Å². The largest absolute Gasteiger partial charge is 0.248 e. The number of aromatic nitrogens is 5. The van der Waals surface area contributed by atoms with Gasteiger partial charge in [-0.25, -0.2) is 18.1 Å². The second-order valence-electron chi connectivity index (χ2n) is 5.68. The van der Waals surface area contributed by atoms with Crippen molar-refractivity contribution >= 4 is 21.8 Å². The van der Waals surface area contributed by atoms with E-state index in [4.69, 9.17) is 0 Å². The molecule has 0 bridgehead atoms. The van der Waals surface area contributed by atoms with Crippen molar-refractivity contribution in [1.82, 2.24) is 29.5 Å². The van der Waals surface area contributed by atoms with Gasteiger partial charge in [0.15, 0.2) is 0 Å². The average Bonchev–Trinajstić information content (AvgIpc) is 3.05. The maximum atomic E-state index is 12.5. The van der Waals surface area contributed by atoms with E-state index < -0.39 is 10.0 Å². The molecular weight excluding hydrogens is 336 g/mol. The molecular formula is C13H16N6O2S2. The van der Waals surface area contributed by atoms with E-state index in [0.717, 1.165) is 25.7 Å². The summed E-state index contributed by atoms with van der Waals surface area (Å²) in [6.45, 7) is 1.18. The Morgan fingerprint density at radius 1 is 1.17 bits per heavy atom. The van der Waals surface area contributed by atoms with Crippen LogP contribution in [0.3, 0.4) is 0 Å². The van der Waals surface area contributed by atoms with E-state index in [-0.39, 0.29) is 4.90 Å². The van der Waals surface area contributed by atoms with Gasteiger partial charge in [-0.3, -0.25) is 0 Å². The van der Waals surface area contributed by atoms with Crippen LogP contribution < -0.4 is 0 Å². The fraction of sp³-hybridized carbons (Fsp3) is 0.538. The van der Waals surface area contributed by atoms with Crippen molar-refractivity contribution in [3.63, 3.8) is 0 Å². The molecule has 10 heteroatoms. The van der Waals surface area contributed by atoms with Crippen LogP contribution in [0.2, 0.25) is 0 Å². The number of nitrogens with zero attached hydrogens (tertiary/aromatic N) is 6. The zero-order valence-corrected chi connectivity index (χ0v) is 14.0. The van der Waals surface area contributed by atoms with Crippen LogP contribution in [0.15, 0.2) is 33.4 Å². The molecule has 2 fully saturated rings. The highest BCUT2D eigenvalue weighted by Crippen LogP contribution is 2.37. The van der Waals surface area contributed by atoms with Crippen molar-refractivity contribution in [3.8, 4) is 0 Å². The van der Waals surface area contributed by atoms with E-state index in [1.807, 2.05) is 0 Å². The molecule has 0 amide bonds. The SMILES string of the molecule is O=S(=O)(c1ccc(Sc2nnnn2C2CC2)nc1)N1CCCC1. The summed E-state index contributed by atoms with van der Waals surface area (Å²) >= 11 is 1.35. The topological polar surface area (TPSA) is 93.9 Å². The number of hydrogen-bond donors (Lipinski definition) is 0. The van der Waals surface area contributed by atoms with Gasteiger partial charge in [0.05, 0.1) is 6.04 Å². The number of tetrazole rings is 1. The van der Waals surface area contributed by atoms with Gasteiger partial charge in [0.2, 0.25) is 15.2 Å². The van der Waals surface area contributed by atoms with Crippen molar-refractivity contribution in [3.05, 3.63) is 18.3 Å². The van der Waals surface area contributed by atoms with Gasteiger partial charge in [0.1, 0.15) is 9.92 Å². The average molecular weight is 352 g/mol. The zero-order chi connectivity index (χ0) is 15.9. The molecule has 0 spiro atoms. The summed E-state index contributed by atoms with van der Waals surface area (Å²) in [4.78, 5) is 4.50. The number of sulfonamides is 1. The van der Waals surface area contributed by atoms with Crippen molar-refractivity contribution in [1.29, 1.82) is 0 Å². The Kier molecular flexibility index (Phi) is 3.82. The fourth-order valence-corrected chi connectivity index (χ4v) is 4.80.